The van der Waals surface area contributed by atoms with Gasteiger partial charge >= 0.3 is 11.9 Å². The Labute approximate surface area is 94.9 Å². The van der Waals surface area contributed by atoms with Crippen LogP contribution in [-0.2, 0) is 19.1 Å². The Morgan fingerprint density at radius 3 is 2.25 bits per heavy atom. The van der Waals surface area contributed by atoms with Gasteiger partial charge in [0, 0.05) is 0 Å². The van der Waals surface area contributed by atoms with Crippen LogP contribution in [0.5, 0.6) is 0 Å². The van der Waals surface area contributed by atoms with Crippen molar-refractivity contribution in [2.24, 2.45) is 5.41 Å². The van der Waals surface area contributed by atoms with Crippen molar-refractivity contribution in [3.63, 3.8) is 0 Å². The van der Waals surface area contributed by atoms with Crippen LogP contribution in [0.15, 0.2) is 0 Å². The summed E-state index contributed by atoms with van der Waals surface area (Å²) in [6.07, 6.45) is 0. The molecule has 1 unspecified atom stereocenters. The Morgan fingerprint density at radius 1 is 1.31 bits per heavy atom. The Morgan fingerprint density at radius 2 is 1.88 bits per heavy atom. The van der Waals surface area contributed by atoms with Crippen LogP contribution < -0.4 is 5.32 Å². The summed E-state index contributed by atoms with van der Waals surface area (Å²) in [7, 11) is 1.52. The van der Waals surface area contributed by atoms with Gasteiger partial charge in [-0.2, -0.15) is 0 Å². The van der Waals surface area contributed by atoms with Crippen LogP contribution >= 0.6 is 0 Å². The largest absolute Gasteiger partial charge is 0.427 e. The van der Waals surface area contributed by atoms with Crippen molar-refractivity contribution in [2.75, 3.05) is 20.4 Å². The van der Waals surface area contributed by atoms with E-state index in [2.05, 4.69) is 10.1 Å². The van der Waals surface area contributed by atoms with E-state index >= 15 is 0 Å². The first-order chi connectivity index (χ1) is 7.32. The van der Waals surface area contributed by atoms with Gasteiger partial charge in [0.25, 0.3) is 0 Å². The summed E-state index contributed by atoms with van der Waals surface area (Å²) in [5, 5.41) is 11.3. The smallest absolute Gasteiger partial charge is 0.328 e. The van der Waals surface area contributed by atoms with Gasteiger partial charge in [-0.15, -0.1) is 0 Å². The third-order valence-electron chi connectivity index (χ3n) is 1.82. The summed E-state index contributed by atoms with van der Waals surface area (Å²) in [6.45, 7) is 4.28. The lowest BCUT2D eigenvalue weighted by atomic mass is 9.98. The normalized spacial score (nSPS) is 13.1. The van der Waals surface area contributed by atoms with E-state index in [0.29, 0.717) is 0 Å². The van der Waals surface area contributed by atoms with Gasteiger partial charge in [0.2, 0.25) is 6.79 Å². The van der Waals surface area contributed by atoms with Crippen LogP contribution in [-0.4, -0.2) is 43.5 Å². The summed E-state index contributed by atoms with van der Waals surface area (Å²) in [5.41, 5.74) is -0.633. The maximum atomic E-state index is 11.3. The Hall–Kier alpha value is -1.14. The van der Waals surface area contributed by atoms with Crippen LogP contribution in [0, 0.1) is 5.41 Å². The molecular formula is C10H19NO5. The topological polar surface area (TPSA) is 84.9 Å². The number of carbonyl (C=O) groups excluding carboxylic acids is 2. The number of esters is 2. The SMILES string of the molecule is CNC(CO)C(=O)OCOC(=O)C(C)(C)C. The molecule has 0 bridgehead atoms. The average molecular weight is 233 g/mol. The lowest BCUT2D eigenvalue weighted by Gasteiger charge is -2.17. The highest BCUT2D eigenvalue weighted by Gasteiger charge is 2.24. The van der Waals surface area contributed by atoms with Gasteiger partial charge in [-0.05, 0) is 27.8 Å². The number of nitrogens with one attached hydrogen (secondary N) is 1. The molecule has 94 valence electrons. The minimum absolute atomic E-state index is 0.372. The molecule has 0 aromatic heterocycles. The highest BCUT2D eigenvalue weighted by atomic mass is 16.7. The van der Waals surface area contributed by atoms with Crippen LogP contribution in [0.1, 0.15) is 20.8 Å². The second-order valence-corrected chi connectivity index (χ2v) is 4.29. The van der Waals surface area contributed by atoms with Gasteiger partial charge in [0.1, 0.15) is 6.04 Å². The number of ether oxygens (including phenoxy) is 2. The maximum absolute atomic E-state index is 11.3. The average Bonchev–Trinajstić information content (AvgIpc) is 2.18. The van der Waals surface area contributed by atoms with E-state index in [4.69, 9.17) is 9.84 Å². The monoisotopic (exact) mass is 233 g/mol. The van der Waals surface area contributed by atoms with E-state index in [1.54, 1.807) is 20.8 Å². The van der Waals surface area contributed by atoms with E-state index < -0.39 is 30.2 Å². The minimum atomic E-state index is -0.798. The molecule has 0 aliphatic rings. The molecule has 6 nitrogen and oxygen atoms in total. The van der Waals surface area contributed by atoms with E-state index in [1.165, 1.54) is 7.05 Å². The van der Waals surface area contributed by atoms with E-state index in [1.807, 2.05) is 0 Å². The predicted molar refractivity (Wildman–Crippen MR) is 56.4 cm³/mol. The Kier molecular flexibility index (Phi) is 5.98. The maximum Gasteiger partial charge on any atom is 0.328 e. The molecule has 0 aliphatic heterocycles. The standard InChI is InChI=1S/C10H19NO5/c1-10(2,3)9(14)16-6-15-8(13)7(5-12)11-4/h7,11-12H,5-6H2,1-4H3. The van der Waals surface area contributed by atoms with Gasteiger partial charge in [-0.25, -0.2) is 0 Å². The van der Waals surface area contributed by atoms with Crippen molar-refractivity contribution in [2.45, 2.75) is 26.8 Å². The molecule has 1 atom stereocenters. The van der Waals surface area contributed by atoms with Crippen molar-refractivity contribution in [3.8, 4) is 0 Å². The highest BCUT2D eigenvalue weighted by Crippen LogP contribution is 2.14. The summed E-state index contributed by atoms with van der Waals surface area (Å²) in [4.78, 5) is 22.5. The molecule has 0 rings (SSSR count). The zero-order valence-corrected chi connectivity index (χ0v) is 10.1. The van der Waals surface area contributed by atoms with Crippen molar-refractivity contribution in [1.29, 1.82) is 0 Å². The van der Waals surface area contributed by atoms with Gasteiger partial charge in [0.15, 0.2) is 0 Å². The summed E-state index contributed by atoms with van der Waals surface area (Å²) < 4.78 is 9.37. The van der Waals surface area contributed by atoms with E-state index in [-0.39, 0.29) is 6.61 Å². The van der Waals surface area contributed by atoms with E-state index in [9.17, 15) is 9.59 Å². The van der Waals surface area contributed by atoms with Crippen molar-refractivity contribution in [3.05, 3.63) is 0 Å². The number of rotatable bonds is 5. The van der Waals surface area contributed by atoms with Crippen molar-refractivity contribution >= 4 is 11.9 Å². The lowest BCUT2D eigenvalue weighted by molar-refractivity contribution is -0.174. The molecule has 0 amide bonds. The highest BCUT2D eigenvalue weighted by molar-refractivity contribution is 5.77. The van der Waals surface area contributed by atoms with Crippen LogP contribution in [0.2, 0.25) is 0 Å². The van der Waals surface area contributed by atoms with Gasteiger partial charge < -0.3 is 19.9 Å². The molecular weight excluding hydrogens is 214 g/mol. The number of hydrogen-bond acceptors (Lipinski definition) is 6. The number of aliphatic hydroxyl groups is 1. The van der Waals surface area contributed by atoms with Crippen LogP contribution in [0.3, 0.4) is 0 Å². The van der Waals surface area contributed by atoms with E-state index in [0.717, 1.165) is 0 Å². The molecule has 0 spiro atoms. The third-order valence-corrected chi connectivity index (χ3v) is 1.82. The molecule has 0 aromatic rings. The quantitative estimate of drug-likeness (QED) is 0.499. The second kappa shape index (κ2) is 6.44. The van der Waals surface area contributed by atoms with Crippen LogP contribution in [0.4, 0.5) is 0 Å². The fourth-order valence-electron chi connectivity index (χ4n) is 0.742. The molecule has 0 saturated heterocycles. The van der Waals surface area contributed by atoms with Crippen molar-refractivity contribution < 1.29 is 24.2 Å². The second-order valence-electron chi connectivity index (χ2n) is 4.29. The zero-order valence-electron chi connectivity index (χ0n) is 10.1. The van der Waals surface area contributed by atoms with Gasteiger partial charge in [-0.1, -0.05) is 0 Å². The van der Waals surface area contributed by atoms with Gasteiger partial charge in [-0.3, -0.25) is 9.59 Å². The summed E-state index contributed by atoms with van der Waals surface area (Å²) >= 11 is 0. The number of hydrogen-bond donors (Lipinski definition) is 2. The lowest BCUT2D eigenvalue weighted by Crippen LogP contribution is -2.39. The first-order valence-electron chi connectivity index (χ1n) is 4.95. The molecule has 0 radical (unpaired) electrons. The fourth-order valence-corrected chi connectivity index (χ4v) is 0.742. The molecule has 0 aliphatic carbocycles. The molecule has 0 saturated carbocycles. The molecule has 16 heavy (non-hydrogen) atoms. The molecule has 0 heterocycles. The molecule has 2 N–H and O–H groups in total. The minimum Gasteiger partial charge on any atom is -0.427 e. The fraction of sp³-hybridized carbons (Fsp3) is 0.800. The Bertz CT molecular complexity index is 242. The molecule has 0 aromatic carbocycles. The zero-order chi connectivity index (χ0) is 12.8. The predicted octanol–water partition coefficient (Wildman–Crippen LogP) is -0.343. The summed E-state index contributed by atoms with van der Waals surface area (Å²) in [6, 6.07) is -0.798. The van der Waals surface area contributed by atoms with Crippen LogP contribution in [0.25, 0.3) is 0 Å². The molecule has 0 fully saturated rings. The number of likely N-dealkylation sites (N-methyl/N-ethyl adjacent to an activating group) is 1. The third kappa shape index (κ3) is 5.09. The summed E-state index contributed by atoms with van der Waals surface area (Å²) in [5.74, 6) is -1.11. The van der Waals surface area contributed by atoms with Gasteiger partial charge in [0.05, 0.1) is 12.0 Å². The first-order valence-corrected chi connectivity index (χ1v) is 4.95. The van der Waals surface area contributed by atoms with Crippen molar-refractivity contribution in [1.82, 2.24) is 5.32 Å². The number of aliphatic hydroxyl groups excluding tert-OH is 1. The first kappa shape index (κ1) is 14.9. The molecule has 6 heteroatoms. The number of carbonyl (C=O) groups is 2. The Balaban J connectivity index is 3.91.